The van der Waals surface area contributed by atoms with Crippen molar-refractivity contribution in [1.29, 1.82) is 0 Å². The van der Waals surface area contributed by atoms with Crippen LogP contribution in [0.25, 0.3) is 0 Å². The summed E-state index contributed by atoms with van der Waals surface area (Å²) in [7, 11) is 1.56. The highest BCUT2D eigenvalue weighted by molar-refractivity contribution is 6.19. The van der Waals surface area contributed by atoms with Crippen molar-refractivity contribution in [2.24, 2.45) is 0 Å². The van der Waals surface area contributed by atoms with E-state index in [1.165, 1.54) is 0 Å². The number of carbonyl (C=O) groups excluding carboxylic acids is 3. The van der Waals surface area contributed by atoms with Crippen LogP contribution in [0.2, 0.25) is 0 Å². The Labute approximate surface area is 203 Å². The Morgan fingerprint density at radius 2 is 1.46 bits per heavy atom. The predicted octanol–water partition coefficient (Wildman–Crippen LogP) is 2.36. The van der Waals surface area contributed by atoms with E-state index < -0.39 is 17.5 Å². The summed E-state index contributed by atoms with van der Waals surface area (Å²) in [6.07, 6.45) is 2.07. The molecule has 0 saturated heterocycles. The maximum Gasteiger partial charge on any atom is 0.262 e. The van der Waals surface area contributed by atoms with Crippen molar-refractivity contribution in [1.82, 2.24) is 5.32 Å². The maximum absolute atomic E-state index is 12.2. The molecule has 2 aromatic carbocycles. The van der Waals surface area contributed by atoms with Gasteiger partial charge >= 0.3 is 0 Å². The summed E-state index contributed by atoms with van der Waals surface area (Å²) in [5.41, 5.74) is 0.909. The van der Waals surface area contributed by atoms with Crippen LogP contribution >= 0.6 is 0 Å². The number of carbonyl (C=O) groups is 3. The summed E-state index contributed by atoms with van der Waals surface area (Å²) in [5, 5.41) is 2.39. The van der Waals surface area contributed by atoms with E-state index in [1.807, 2.05) is 30.3 Å². The number of allylic oxidation sites excluding steroid dienone is 2. The molecule has 0 spiro atoms. The van der Waals surface area contributed by atoms with Crippen LogP contribution in [0.1, 0.15) is 5.56 Å². The van der Waals surface area contributed by atoms with E-state index in [9.17, 15) is 14.4 Å². The van der Waals surface area contributed by atoms with E-state index in [0.717, 1.165) is 17.7 Å². The van der Waals surface area contributed by atoms with Crippen LogP contribution in [0.4, 0.5) is 0 Å². The van der Waals surface area contributed by atoms with Gasteiger partial charge in [-0.2, -0.15) is 0 Å². The monoisotopic (exact) mass is 481 g/mol. The molecule has 0 radical (unpaired) electrons. The largest absolute Gasteiger partial charge is 0.489 e. The van der Waals surface area contributed by atoms with Crippen molar-refractivity contribution in [3.8, 4) is 11.5 Å². The molecule has 0 atom stereocenters. The molecule has 35 heavy (non-hydrogen) atoms. The number of benzene rings is 2. The number of ketones is 2. The zero-order valence-corrected chi connectivity index (χ0v) is 19.4. The SMILES string of the molecule is COCCOCCOC1=CC(=O)C(NC(=O)COc2ccc(OCc3ccccc3)cc2)=CC1=O. The fraction of sp³-hybridized carbons (Fsp3) is 0.269. The Kier molecular flexibility index (Phi) is 10.0. The van der Waals surface area contributed by atoms with Crippen LogP contribution in [0.15, 0.2) is 78.2 Å². The van der Waals surface area contributed by atoms with Gasteiger partial charge in [0, 0.05) is 19.3 Å². The Balaban J connectivity index is 1.39. The van der Waals surface area contributed by atoms with Crippen LogP contribution < -0.4 is 14.8 Å². The molecule has 2 aromatic rings. The fourth-order valence-corrected chi connectivity index (χ4v) is 2.91. The first kappa shape index (κ1) is 25.7. The number of ether oxygens (including phenoxy) is 5. The highest BCUT2D eigenvalue weighted by atomic mass is 16.5. The number of hydrogen-bond acceptors (Lipinski definition) is 8. The second kappa shape index (κ2) is 13.7. The maximum atomic E-state index is 12.2. The first-order valence-electron chi connectivity index (χ1n) is 11.0. The topological polar surface area (TPSA) is 109 Å². The molecule has 1 aliphatic carbocycles. The van der Waals surface area contributed by atoms with E-state index in [2.05, 4.69) is 5.32 Å². The average molecular weight is 482 g/mol. The molecule has 1 N–H and O–H groups in total. The molecule has 0 fully saturated rings. The van der Waals surface area contributed by atoms with Crippen molar-refractivity contribution in [3.05, 3.63) is 83.8 Å². The van der Waals surface area contributed by atoms with Gasteiger partial charge in [-0.05, 0) is 29.8 Å². The Bertz CT molecular complexity index is 1060. The fourth-order valence-electron chi connectivity index (χ4n) is 2.91. The third-order valence-corrected chi connectivity index (χ3v) is 4.68. The first-order valence-corrected chi connectivity index (χ1v) is 11.0. The Morgan fingerprint density at radius 1 is 0.771 bits per heavy atom. The van der Waals surface area contributed by atoms with Gasteiger partial charge in [-0.15, -0.1) is 0 Å². The molecule has 3 rings (SSSR count). The molecule has 0 bridgehead atoms. The molecule has 1 aliphatic rings. The van der Waals surface area contributed by atoms with Crippen LogP contribution in [0.5, 0.6) is 11.5 Å². The van der Waals surface area contributed by atoms with Gasteiger partial charge in [0.2, 0.25) is 11.6 Å². The molecule has 9 nitrogen and oxygen atoms in total. The lowest BCUT2D eigenvalue weighted by molar-refractivity contribution is -0.124. The number of hydrogen-bond donors (Lipinski definition) is 1. The van der Waals surface area contributed by atoms with Gasteiger partial charge in [-0.3, -0.25) is 14.4 Å². The Hall–Kier alpha value is -3.95. The normalized spacial score (nSPS) is 13.1. The summed E-state index contributed by atoms with van der Waals surface area (Å²) in [6.45, 7) is 1.30. The molecule has 1 amide bonds. The van der Waals surface area contributed by atoms with Crippen molar-refractivity contribution < 1.29 is 38.1 Å². The summed E-state index contributed by atoms with van der Waals surface area (Å²) < 4.78 is 26.5. The lowest BCUT2D eigenvalue weighted by Crippen LogP contribution is -2.33. The first-order chi connectivity index (χ1) is 17.0. The minimum atomic E-state index is -0.578. The molecular weight excluding hydrogens is 454 g/mol. The summed E-state index contributed by atoms with van der Waals surface area (Å²) in [5.74, 6) is -0.638. The van der Waals surface area contributed by atoms with Crippen LogP contribution in [-0.4, -0.2) is 57.6 Å². The van der Waals surface area contributed by atoms with E-state index in [-0.39, 0.29) is 31.3 Å². The standard InChI is InChI=1S/C26H27NO8/c1-31-11-12-32-13-14-33-25-16-23(28)22(15-24(25)29)27-26(30)18-35-21-9-7-20(8-10-21)34-17-19-5-3-2-4-6-19/h2-10,15-16H,11-14,17-18H2,1H3,(H,27,30). The molecule has 0 aliphatic heterocycles. The number of nitrogens with one attached hydrogen (secondary N) is 1. The highest BCUT2D eigenvalue weighted by Gasteiger charge is 2.23. The van der Waals surface area contributed by atoms with Crippen LogP contribution in [0.3, 0.4) is 0 Å². The van der Waals surface area contributed by atoms with Crippen molar-refractivity contribution >= 4 is 17.5 Å². The molecular formula is C26H27NO8. The third-order valence-electron chi connectivity index (χ3n) is 4.68. The zero-order valence-electron chi connectivity index (χ0n) is 19.4. The van der Waals surface area contributed by atoms with Crippen molar-refractivity contribution in [2.75, 3.05) is 40.1 Å². The highest BCUT2D eigenvalue weighted by Crippen LogP contribution is 2.19. The van der Waals surface area contributed by atoms with E-state index in [0.29, 0.717) is 31.3 Å². The van der Waals surface area contributed by atoms with Crippen LogP contribution in [-0.2, 0) is 35.2 Å². The molecule has 9 heteroatoms. The molecule has 0 saturated carbocycles. The van der Waals surface area contributed by atoms with Crippen molar-refractivity contribution in [3.63, 3.8) is 0 Å². The van der Waals surface area contributed by atoms with Gasteiger partial charge in [-0.1, -0.05) is 30.3 Å². The lowest BCUT2D eigenvalue weighted by atomic mass is 10.1. The second-order valence-electron chi connectivity index (χ2n) is 7.33. The van der Waals surface area contributed by atoms with Gasteiger partial charge < -0.3 is 29.0 Å². The number of rotatable bonds is 14. The smallest absolute Gasteiger partial charge is 0.262 e. The average Bonchev–Trinajstić information content (AvgIpc) is 2.87. The minimum Gasteiger partial charge on any atom is -0.489 e. The molecule has 0 heterocycles. The summed E-state index contributed by atoms with van der Waals surface area (Å²) in [6, 6.07) is 16.6. The number of methoxy groups -OCH3 is 1. The molecule has 184 valence electrons. The predicted molar refractivity (Wildman–Crippen MR) is 126 cm³/mol. The summed E-state index contributed by atoms with van der Waals surface area (Å²) >= 11 is 0. The quantitative estimate of drug-likeness (QED) is 0.324. The number of amides is 1. The van der Waals surface area contributed by atoms with E-state index >= 15 is 0 Å². The van der Waals surface area contributed by atoms with Gasteiger partial charge in [0.1, 0.15) is 24.7 Å². The Morgan fingerprint density at radius 3 is 2.17 bits per heavy atom. The zero-order chi connectivity index (χ0) is 24.9. The van der Waals surface area contributed by atoms with Crippen molar-refractivity contribution in [2.45, 2.75) is 6.61 Å². The van der Waals surface area contributed by atoms with Gasteiger partial charge in [-0.25, -0.2) is 0 Å². The van der Waals surface area contributed by atoms with Gasteiger partial charge in [0.05, 0.1) is 25.5 Å². The van der Waals surface area contributed by atoms with Crippen LogP contribution in [0, 0.1) is 0 Å². The molecule has 0 unspecified atom stereocenters. The molecule has 0 aromatic heterocycles. The van der Waals surface area contributed by atoms with E-state index in [1.54, 1.807) is 31.4 Å². The summed E-state index contributed by atoms with van der Waals surface area (Å²) in [4.78, 5) is 36.6. The van der Waals surface area contributed by atoms with Gasteiger partial charge in [0.25, 0.3) is 5.91 Å². The minimum absolute atomic E-state index is 0.103. The third kappa shape index (κ3) is 8.73. The second-order valence-corrected chi connectivity index (χ2v) is 7.33. The lowest BCUT2D eigenvalue weighted by Gasteiger charge is -2.14. The van der Waals surface area contributed by atoms with Gasteiger partial charge in [0.15, 0.2) is 12.4 Å². The van der Waals surface area contributed by atoms with E-state index in [4.69, 9.17) is 23.7 Å².